The van der Waals surface area contributed by atoms with E-state index in [0.29, 0.717) is 23.2 Å². The summed E-state index contributed by atoms with van der Waals surface area (Å²) < 4.78 is 18.3. The zero-order chi connectivity index (χ0) is 76.7. The van der Waals surface area contributed by atoms with Gasteiger partial charge in [-0.15, -0.1) is 11.3 Å². The molecule has 2 aliphatic rings. The molecular weight excluding hydrogens is 1490 g/mol. The molecule has 0 bridgehead atoms. The van der Waals surface area contributed by atoms with Crippen molar-refractivity contribution in [3.05, 3.63) is 341 Å². The third-order valence-electron chi connectivity index (χ3n) is 20.6. The SMILES string of the molecule is CCOC(=O)C1CCCCC1.CCOC(=O)C1CCN(c2cc(-c3nn(C(c4ccccc4)(c4ccccc4)c4ccccc4)c4ccc(-c5cnn(C)c5)cc34)ccn2)CC1.Cn1cc(-c2ccc3c(c2)c(-c2ccnc(Cl)c2)nn3C(c2ccccc2)(c2ccccc2)c2ccccc2)cn1.O=C(O)c1cccs1.[Cu]. The number of hydrogen-bond donors (Lipinski definition) is 1. The van der Waals surface area contributed by atoms with E-state index in [1.54, 1.807) is 23.7 Å². The van der Waals surface area contributed by atoms with Crippen molar-refractivity contribution in [2.24, 2.45) is 25.9 Å². The number of carbonyl (C=O) groups is 3. The molecule has 17 rings (SSSR count). The molecule has 0 amide bonds. The van der Waals surface area contributed by atoms with Gasteiger partial charge in [0.2, 0.25) is 0 Å². The molecule has 8 aromatic carbocycles. The van der Waals surface area contributed by atoms with E-state index in [2.05, 4.69) is 254 Å². The Morgan fingerprint density at radius 2 is 0.857 bits per heavy atom. The smallest absolute Gasteiger partial charge is 0.345 e. The van der Waals surface area contributed by atoms with E-state index < -0.39 is 17.0 Å². The van der Waals surface area contributed by atoms with Crippen molar-refractivity contribution in [3.63, 3.8) is 0 Å². The number of fused-ring (bicyclic) bond motifs is 2. The Labute approximate surface area is 671 Å². The average Bonchev–Trinajstić information content (AvgIpc) is 1.34. The fraction of sp³-hybridized carbons (Fsp3) is 0.207. The van der Waals surface area contributed by atoms with Crippen molar-refractivity contribution in [2.45, 2.75) is 69.9 Å². The first-order valence-corrected chi connectivity index (χ1v) is 38.9. The Morgan fingerprint density at radius 3 is 1.21 bits per heavy atom. The van der Waals surface area contributed by atoms with Gasteiger partial charge in [0.15, 0.2) is 0 Å². The second kappa shape index (κ2) is 36.3. The van der Waals surface area contributed by atoms with Gasteiger partial charge in [0.05, 0.1) is 48.5 Å². The quantitative estimate of drug-likeness (QED) is 0.0370. The van der Waals surface area contributed by atoms with Gasteiger partial charge < -0.3 is 19.5 Å². The standard InChI is InChI=1S/C43H40N6O2.C35H26ClN5.C9H16O2.C5H4O2S.Cu/c1-3-51-42(50)31-22-25-48(26-23-31)40-28-33(21-24-44-40)41-38-27-32(34-29-45-47(2)30-34)19-20-39(38)49(46-41)43(35-13-7-4-8-14-35,36-15-9-5-10-16-36)37-17-11-6-12-18-37;1-40-24-27(23-38-40)25-17-18-32-31(21-25)34(26-19-20-37-33(36)22-26)39-41(32)35(28-11-5-2-6-12-28,29-13-7-3-8-14-29)30-15-9-4-10-16-30;1-2-11-9(10)8-6-4-3-5-7-8;6-5(7)4-2-1-3-8-4;/h4-21,24,27-31H,3,22-23,25-26H2,1-2H3;2-24H,1H3;8H,2-7H2,1H3;1-3H,(H,6,7);. The van der Waals surface area contributed by atoms with E-state index >= 15 is 0 Å². The number of hydrogen-bond acceptors (Lipinski definition) is 13. The molecule has 15 aromatic rings. The number of halogens is 1. The van der Waals surface area contributed by atoms with Crippen LogP contribution in [0.2, 0.25) is 5.15 Å². The number of pyridine rings is 2. The largest absolute Gasteiger partial charge is 0.477 e. The van der Waals surface area contributed by atoms with E-state index in [9.17, 15) is 14.4 Å². The third-order valence-corrected chi connectivity index (χ3v) is 21.7. The topological polar surface area (TPSA) is 190 Å². The van der Waals surface area contributed by atoms with Gasteiger partial charge in [-0.3, -0.25) is 19.0 Å². The molecule has 0 unspecified atom stereocenters. The summed E-state index contributed by atoms with van der Waals surface area (Å²) in [7, 11) is 3.87. The molecule has 8 heterocycles. The number of nitrogens with zero attached hydrogens (tertiary/aromatic N) is 11. The summed E-state index contributed by atoms with van der Waals surface area (Å²) in [5.41, 5.74) is 14.9. The monoisotopic (exact) mass is 1570 g/mol. The van der Waals surface area contributed by atoms with Crippen LogP contribution in [0.3, 0.4) is 0 Å². The molecule has 0 atom stereocenters. The van der Waals surface area contributed by atoms with Gasteiger partial charge in [0.25, 0.3) is 0 Å². The number of piperidine rings is 1. The van der Waals surface area contributed by atoms with Crippen molar-refractivity contribution in [1.29, 1.82) is 0 Å². The van der Waals surface area contributed by atoms with Crippen LogP contribution in [0, 0.1) is 11.8 Å². The van der Waals surface area contributed by atoms with Crippen LogP contribution in [0.4, 0.5) is 5.82 Å². The van der Waals surface area contributed by atoms with Crippen molar-refractivity contribution in [3.8, 4) is 44.8 Å². The number of benzene rings is 8. The van der Waals surface area contributed by atoms with Crippen LogP contribution >= 0.6 is 22.9 Å². The normalized spacial score (nSPS) is 13.1. The Hall–Kier alpha value is -11.9. The molecule has 1 saturated carbocycles. The van der Waals surface area contributed by atoms with Gasteiger partial charge in [-0.2, -0.15) is 20.4 Å². The maximum absolute atomic E-state index is 12.5. The first-order chi connectivity index (χ1) is 54.3. The maximum atomic E-state index is 12.5. The molecule has 7 aromatic heterocycles. The van der Waals surface area contributed by atoms with Gasteiger partial charge in [0, 0.05) is 102 Å². The van der Waals surface area contributed by atoms with Gasteiger partial charge in [0.1, 0.15) is 38.3 Å². The van der Waals surface area contributed by atoms with Crippen molar-refractivity contribution in [2.75, 3.05) is 31.2 Å². The van der Waals surface area contributed by atoms with Crippen LogP contribution in [0.5, 0.6) is 0 Å². The minimum absolute atomic E-state index is 0. The average molecular weight is 1570 g/mol. The molecule has 0 spiro atoms. The second-order valence-corrected chi connectivity index (χ2v) is 28.9. The number of aromatic carboxylic acids is 1. The summed E-state index contributed by atoms with van der Waals surface area (Å²) in [5, 5.41) is 32.4. The summed E-state index contributed by atoms with van der Waals surface area (Å²) in [5.74, 6) is 0.0910. The van der Waals surface area contributed by atoms with Crippen LogP contribution in [-0.2, 0) is 61.3 Å². The van der Waals surface area contributed by atoms with E-state index in [4.69, 9.17) is 41.4 Å². The second-order valence-electron chi connectivity index (χ2n) is 27.6. The van der Waals surface area contributed by atoms with E-state index in [-0.39, 0.29) is 40.8 Å². The molecule has 112 heavy (non-hydrogen) atoms. The molecule has 2 fully saturated rings. The first-order valence-electron chi connectivity index (χ1n) is 37.7. The number of ether oxygens (including phenoxy) is 2. The molecule has 1 saturated heterocycles. The molecule has 569 valence electrons. The predicted molar refractivity (Wildman–Crippen MR) is 441 cm³/mol. The summed E-state index contributed by atoms with van der Waals surface area (Å²) in [4.78, 5) is 45.4. The fourth-order valence-corrected chi connectivity index (χ4v) is 16.1. The predicted octanol–water partition coefficient (Wildman–Crippen LogP) is 19.7. The number of esters is 2. The molecule has 1 aliphatic carbocycles. The van der Waals surface area contributed by atoms with Gasteiger partial charge in [-0.1, -0.05) is 231 Å². The Kier molecular flexibility index (Phi) is 25.4. The molecule has 1 radical (unpaired) electrons. The van der Waals surface area contributed by atoms with E-state index in [1.165, 1.54) is 30.6 Å². The number of thiophene rings is 1. The van der Waals surface area contributed by atoms with Crippen LogP contribution in [0.1, 0.15) is 102 Å². The van der Waals surface area contributed by atoms with Crippen LogP contribution in [-0.4, -0.2) is 98.4 Å². The Bertz CT molecular complexity index is 5400. The van der Waals surface area contributed by atoms with Crippen molar-refractivity contribution in [1.82, 2.24) is 49.1 Å². The summed E-state index contributed by atoms with van der Waals surface area (Å²) >= 11 is 7.63. The number of carbonyl (C=O) groups excluding carboxylic acids is 2. The van der Waals surface area contributed by atoms with Crippen LogP contribution < -0.4 is 4.90 Å². The van der Waals surface area contributed by atoms with E-state index in [1.807, 2.05) is 86.5 Å². The zero-order valence-electron chi connectivity index (χ0n) is 62.7. The van der Waals surface area contributed by atoms with Gasteiger partial charge in [-0.25, -0.2) is 24.1 Å². The first kappa shape index (κ1) is 78.3. The molecule has 1 N–H and O–H groups in total. The molecular formula is C92H86ClCuN11O6S. The number of anilines is 1. The molecule has 20 heteroatoms. The summed E-state index contributed by atoms with van der Waals surface area (Å²) in [6.45, 7) is 6.12. The van der Waals surface area contributed by atoms with Crippen LogP contribution in [0.25, 0.3) is 66.6 Å². The number of carboxylic acids is 1. The minimum atomic E-state index is -0.847. The minimum Gasteiger partial charge on any atom is -0.477 e. The summed E-state index contributed by atoms with van der Waals surface area (Å²) in [6.07, 6.45) is 18.7. The number of aryl methyl sites for hydroxylation is 2. The Morgan fingerprint density at radius 1 is 0.464 bits per heavy atom. The van der Waals surface area contributed by atoms with Crippen molar-refractivity contribution < 1.29 is 46.0 Å². The molecule has 1 aliphatic heterocycles. The number of rotatable bonds is 18. The van der Waals surface area contributed by atoms with Gasteiger partial charge in [-0.05, 0) is 144 Å². The molecule has 17 nitrogen and oxygen atoms in total. The summed E-state index contributed by atoms with van der Waals surface area (Å²) in [6, 6.07) is 88.2. The maximum Gasteiger partial charge on any atom is 0.345 e. The third kappa shape index (κ3) is 16.7. The van der Waals surface area contributed by atoms with E-state index in [0.717, 1.165) is 145 Å². The number of aromatic nitrogens is 10. The number of carboxylic acid groups (broad SMARTS) is 1. The van der Waals surface area contributed by atoms with Crippen molar-refractivity contribution >= 4 is 68.5 Å². The zero-order valence-corrected chi connectivity index (χ0v) is 65.2. The van der Waals surface area contributed by atoms with Crippen LogP contribution in [0.15, 0.2) is 297 Å². The van der Waals surface area contributed by atoms with Gasteiger partial charge >= 0.3 is 17.9 Å². The fourth-order valence-electron chi connectivity index (χ4n) is 15.4. The Balaban J connectivity index is 0.000000159.